The average molecular weight is 335 g/mol. The normalized spacial score (nSPS) is 16.1. The van der Waals surface area contributed by atoms with Crippen LogP contribution in [0.15, 0.2) is 26.4 Å². The van der Waals surface area contributed by atoms with Crippen molar-refractivity contribution in [3.63, 3.8) is 0 Å². The standard InChI is InChI=1S/C16H21N3O3S/c1-12-13(7-10-21-12)15-17-18-16(22-15)23-11-14(20)19-8-5-3-2-4-6-9-19/h7,10H,2-6,8-9,11H2,1H3. The summed E-state index contributed by atoms with van der Waals surface area (Å²) >= 11 is 1.30. The van der Waals surface area contributed by atoms with Crippen LogP contribution in [0, 0.1) is 6.92 Å². The number of amides is 1. The molecule has 2 aromatic heterocycles. The van der Waals surface area contributed by atoms with Gasteiger partial charge in [-0.25, -0.2) is 0 Å². The molecule has 1 fully saturated rings. The number of carbonyl (C=O) groups excluding carboxylic acids is 1. The molecule has 2 aromatic rings. The maximum Gasteiger partial charge on any atom is 0.277 e. The van der Waals surface area contributed by atoms with Crippen molar-refractivity contribution in [2.24, 2.45) is 0 Å². The summed E-state index contributed by atoms with van der Waals surface area (Å²) in [5.74, 6) is 1.65. The van der Waals surface area contributed by atoms with Gasteiger partial charge in [0.25, 0.3) is 11.1 Å². The van der Waals surface area contributed by atoms with Gasteiger partial charge in [-0.3, -0.25) is 4.79 Å². The molecule has 0 bridgehead atoms. The van der Waals surface area contributed by atoms with Crippen molar-refractivity contribution in [2.75, 3.05) is 18.8 Å². The van der Waals surface area contributed by atoms with E-state index in [0.717, 1.165) is 37.3 Å². The van der Waals surface area contributed by atoms with E-state index in [4.69, 9.17) is 8.83 Å². The van der Waals surface area contributed by atoms with Gasteiger partial charge in [-0.1, -0.05) is 31.0 Å². The van der Waals surface area contributed by atoms with Crippen LogP contribution in [-0.4, -0.2) is 39.8 Å². The lowest BCUT2D eigenvalue weighted by Crippen LogP contribution is -2.35. The van der Waals surface area contributed by atoms with E-state index in [1.165, 1.54) is 31.0 Å². The average Bonchev–Trinajstić information content (AvgIpc) is 3.13. The number of thioether (sulfide) groups is 1. The summed E-state index contributed by atoms with van der Waals surface area (Å²) < 4.78 is 10.8. The largest absolute Gasteiger partial charge is 0.469 e. The van der Waals surface area contributed by atoms with Crippen molar-refractivity contribution in [2.45, 2.75) is 44.3 Å². The SMILES string of the molecule is Cc1occc1-c1nnc(SCC(=O)N2CCCCCCC2)o1. The van der Waals surface area contributed by atoms with E-state index in [1.807, 2.05) is 11.8 Å². The predicted molar refractivity (Wildman–Crippen MR) is 87.1 cm³/mol. The smallest absolute Gasteiger partial charge is 0.277 e. The third-order valence-electron chi connectivity index (χ3n) is 4.02. The molecule has 0 aromatic carbocycles. The number of furan rings is 1. The molecule has 1 aliphatic rings. The second-order valence-electron chi connectivity index (χ2n) is 5.70. The van der Waals surface area contributed by atoms with Gasteiger partial charge in [-0.15, -0.1) is 10.2 Å². The van der Waals surface area contributed by atoms with E-state index in [1.54, 1.807) is 12.3 Å². The Morgan fingerprint density at radius 1 is 1.22 bits per heavy atom. The number of hydrogen-bond donors (Lipinski definition) is 0. The monoisotopic (exact) mass is 335 g/mol. The summed E-state index contributed by atoms with van der Waals surface area (Å²) in [6, 6.07) is 1.79. The summed E-state index contributed by atoms with van der Waals surface area (Å²) in [5.41, 5.74) is 0.791. The summed E-state index contributed by atoms with van der Waals surface area (Å²) in [6.07, 6.45) is 7.51. The van der Waals surface area contributed by atoms with Crippen LogP contribution >= 0.6 is 11.8 Å². The highest BCUT2D eigenvalue weighted by Crippen LogP contribution is 2.26. The zero-order chi connectivity index (χ0) is 16.1. The third kappa shape index (κ3) is 4.16. The van der Waals surface area contributed by atoms with Gasteiger partial charge in [0.05, 0.1) is 17.6 Å². The fourth-order valence-corrected chi connectivity index (χ4v) is 3.36. The van der Waals surface area contributed by atoms with Crippen LogP contribution in [0.2, 0.25) is 0 Å². The molecule has 1 aliphatic heterocycles. The Kier molecular flexibility index (Phi) is 5.38. The first kappa shape index (κ1) is 16.1. The number of hydrogen-bond acceptors (Lipinski definition) is 6. The predicted octanol–water partition coefficient (Wildman–Crippen LogP) is 3.52. The van der Waals surface area contributed by atoms with Gasteiger partial charge >= 0.3 is 0 Å². The minimum Gasteiger partial charge on any atom is -0.469 e. The molecule has 0 unspecified atom stereocenters. The van der Waals surface area contributed by atoms with Crippen LogP contribution in [0.1, 0.15) is 37.9 Å². The van der Waals surface area contributed by atoms with Crippen LogP contribution < -0.4 is 0 Å². The molecule has 7 heteroatoms. The van der Waals surface area contributed by atoms with E-state index < -0.39 is 0 Å². The van der Waals surface area contributed by atoms with Gasteiger partial charge < -0.3 is 13.7 Å². The van der Waals surface area contributed by atoms with Gasteiger partial charge in [-0.2, -0.15) is 0 Å². The highest BCUT2D eigenvalue weighted by Gasteiger charge is 2.18. The van der Waals surface area contributed by atoms with Gasteiger partial charge in [0.1, 0.15) is 5.76 Å². The highest BCUT2D eigenvalue weighted by molar-refractivity contribution is 7.99. The molecule has 0 atom stereocenters. The van der Waals surface area contributed by atoms with E-state index in [-0.39, 0.29) is 5.91 Å². The van der Waals surface area contributed by atoms with Crippen molar-refractivity contribution in [1.82, 2.24) is 15.1 Å². The summed E-state index contributed by atoms with van der Waals surface area (Å²) in [5, 5.41) is 8.43. The molecule has 124 valence electrons. The summed E-state index contributed by atoms with van der Waals surface area (Å²) in [6.45, 7) is 3.57. The summed E-state index contributed by atoms with van der Waals surface area (Å²) in [4.78, 5) is 14.3. The quantitative estimate of drug-likeness (QED) is 0.796. The van der Waals surface area contributed by atoms with Crippen molar-refractivity contribution >= 4 is 17.7 Å². The first-order valence-corrected chi connectivity index (χ1v) is 9.01. The van der Waals surface area contributed by atoms with Crippen molar-refractivity contribution in [3.8, 4) is 11.5 Å². The first-order chi connectivity index (χ1) is 11.2. The van der Waals surface area contributed by atoms with Crippen LogP contribution in [-0.2, 0) is 4.79 Å². The Hall–Kier alpha value is -1.76. The zero-order valence-electron chi connectivity index (χ0n) is 13.3. The minimum absolute atomic E-state index is 0.149. The van der Waals surface area contributed by atoms with Crippen LogP contribution in [0.4, 0.5) is 0 Å². The van der Waals surface area contributed by atoms with Crippen LogP contribution in [0.3, 0.4) is 0 Å². The molecular weight excluding hydrogens is 314 g/mol. The van der Waals surface area contributed by atoms with Gasteiger partial charge in [0.15, 0.2) is 0 Å². The van der Waals surface area contributed by atoms with E-state index in [0.29, 0.717) is 16.9 Å². The van der Waals surface area contributed by atoms with Gasteiger partial charge in [-0.05, 0) is 25.8 Å². The Morgan fingerprint density at radius 2 is 1.96 bits per heavy atom. The van der Waals surface area contributed by atoms with Gasteiger partial charge in [0, 0.05) is 13.1 Å². The topological polar surface area (TPSA) is 72.4 Å². The number of rotatable bonds is 4. The maximum atomic E-state index is 12.3. The maximum absolute atomic E-state index is 12.3. The number of aryl methyl sites for hydroxylation is 1. The van der Waals surface area contributed by atoms with Crippen molar-refractivity contribution in [1.29, 1.82) is 0 Å². The third-order valence-corrected chi connectivity index (χ3v) is 4.83. The fourth-order valence-electron chi connectivity index (χ4n) is 2.70. The number of aromatic nitrogens is 2. The first-order valence-electron chi connectivity index (χ1n) is 8.02. The number of likely N-dealkylation sites (tertiary alicyclic amines) is 1. The molecule has 1 saturated heterocycles. The molecule has 1 amide bonds. The lowest BCUT2D eigenvalue weighted by molar-refractivity contribution is -0.128. The Bertz CT molecular complexity index is 645. The second kappa shape index (κ2) is 7.68. The van der Waals surface area contributed by atoms with E-state index >= 15 is 0 Å². The molecule has 0 spiro atoms. The molecule has 6 nitrogen and oxygen atoms in total. The molecule has 0 N–H and O–H groups in total. The zero-order valence-corrected chi connectivity index (χ0v) is 14.1. The summed E-state index contributed by atoms with van der Waals surface area (Å²) in [7, 11) is 0. The lowest BCUT2D eigenvalue weighted by Gasteiger charge is -2.24. The molecule has 3 heterocycles. The molecule has 3 rings (SSSR count). The second-order valence-corrected chi connectivity index (χ2v) is 6.63. The van der Waals surface area contributed by atoms with Gasteiger partial charge in [0.2, 0.25) is 5.91 Å². The van der Waals surface area contributed by atoms with Crippen LogP contribution in [0.5, 0.6) is 0 Å². The Balaban J connectivity index is 1.54. The van der Waals surface area contributed by atoms with Crippen molar-refractivity contribution in [3.05, 3.63) is 18.1 Å². The molecule has 23 heavy (non-hydrogen) atoms. The molecule has 0 saturated carbocycles. The highest BCUT2D eigenvalue weighted by atomic mass is 32.2. The lowest BCUT2D eigenvalue weighted by atomic mass is 10.1. The van der Waals surface area contributed by atoms with Crippen molar-refractivity contribution < 1.29 is 13.6 Å². The van der Waals surface area contributed by atoms with E-state index in [2.05, 4.69) is 10.2 Å². The number of nitrogens with zero attached hydrogens (tertiary/aromatic N) is 3. The molecule has 0 aliphatic carbocycles. The van der Waals surface area contributed by atoms with Crippen LogP contribution in [0.25, 0.3) is 11.5 Å². The fraction of sp³-hybridized carbons (Fsp3) is 0.562. The number of carbonyl (C=O) groups is 1. The minimum atomic E-state index is 0.149. The molecule has 0 radical (unpaired) electrons. The Morgan fingerprint density at radius 3 is 2.65 bits per heavy atom. The van der Waals surface area contributed by atoms with E-state index in [9.17, 15) is 4.79 Å². The Labute approximate surface area is 139 Å². The molecular formula is C16H21N3O3S.